The second-order valence-corrected chi connectivity index (χ2v) is 9.84. The van der Waals surface area contributed by atoms with E-state index in [2.05, 4.69) is 13.0 Å². The van der Waals surface area contributed by atoms with Crippen LogP contribution in [0.4, 0.5) is 0 Å². The number of carbonyl (C=O) groups excluding carboxylic acids is 2. The van der Waals surface area contributed by atoms with Gasteiger partial charge >= 0.3 is 11.9 Å². The van der Waals surface area contributed by atoms with E-state index in [1.165, 1.54) is 19.4 Å². The first-order chi connectivity index (χ1) is 13.3. The van der Waals surface area contributed by atoms with Crippen molar-refractivity contribution >= 4 is 11.9 Å². The quantitative estimate of drug-likeness (QED) is 0.586. The Morgan fingerprint density at radius 3 is 2.50 bits per heavy atom. The molecule has 0 aromatic heterocycles. The average Bonchev–Trinajstić information content (AvgIpc) is 3.00. The minimum atomic E-state index is -0.260. The number of hydrogen-bond donors (Lipinski definition) is 1. The van der Waals surface area contributed by atoms with Gasteiger partial charge in [-0.2, -0.15) is 0 Å². The number of carbonyl (C=O) groups is 2. The van der Waals surface area contributed by atoms with E-state index in [1.807, 2.05) is 0 Å². The monoisotopic (exact) mass is 390 g/mol. The SMILES string of the molecule is CC(=O)O[C@H]1CC[C@@]2(C)C(=CC[C@H]3[C@@H]4CC[C@H](OC(C)=O)[C@@]4(CO)CC[C@@H]32)C1. The van der Waals surface area contributed by atoms with Crippen molar-refractivity contribution in [2.45, 2.75) is 84.3 Å². The summed E-state index contributed by atoms with van der Waals surface area (Å²) in [6.45, 7) is 5.49. The van der Waals surface area contributed by atoms with Gasteiger partial charge in [-0.05, 0) is 68.1 Å². The molecule has 4 rings (SSSR count). The van der Waals surface area contributed by atoms with Gasteiger partial charge in [0.05, 0.1) is 6.61 Å². The number of ether oxygens (including phenoxy) is 2. The van der Waals surface area contributed by atoms with Crippen molar-refractivity contribution in [3.63, 3.8) is 0 Å². The Bertz CT molecular complexity index is 684. The average molecular weight is 391 g/mol. The molecule has 0 heterocycles. The number of allylic oxidation sites excluding steroid dienone is 1. The van der Waals surface area contributed by atoms with Gasteiger partial charge in [-0.25, -0.2) is 0 Å². The summed E-state index contributed by atoms with van der Waals surface area (Å²) in [7, 11) is 0. The number of esters is 2. The number of aliphatic hydroxyl groups is 1. The fourth-order valence-corrected chi connectivity index (χ4v) is 7.40. The number of aliphatic hydroxyl groups excluding tert-OH is 1. The van der Waals surface area contributed by atoms with Crippen molar-refractivity contribution in [3.05, 3.63) is 11.6 Å². The summed E-state index contributed by atoms with van der Waals surface area (Å²) in [4.78, 5) is 23.0. The Morgan fingerprint density at radius 2 is 1.82 bits per heavy atom. The largest absolute Gasteiger partial charge is 0.462 e. The van der Waals surface area contributed by atoms with Crippen molar-refractivity contribution in [2.24, 2.45) is 28.6 Å². The van der Waals surface area contributed by atoms with Crippen molar-refractivity contribution in [2.75, 3.05) is 6.61 Å². The summed E-state index contributed by atoms with van der Waals surface area (Å²) < 4.78 is 11.2. The second-order valence-electron chi connectivity index (χ2n) is 9.84. The van der Waals surface area contributed by atoms with Crippen molar-refractivity contribution in [1.29, 1.82) is 0 Å². The van der Waals surface area contributed by atoms with E-state index in [9.17, 15) is 14.7 Å². The Kier molecular flexibility index (Phi) is 5.09. The molecule has 0 bridgehead atoms. The molecular weight excluding hydrogens is 356 g/mol. The van der Waals surface area contributed by atoms with Crippen LogP contribution in [-0.4, -0.2) is 35.9 Å². The zero-order chi connectivity index (χ0) is 20.1. The van der Waals surface area contributed by atoms with E-state index in [-0.39, 0.29) is 41.6 Å². The molecule has 3 saturated carbocycles. The summed E-state index contributed by atoms with van der Waals surface area (Å²) in [5.41, 5.74) is 1.38. The summed E-state index contributed by atoms with van der Waals surface area (Å²) in [6.07, 6.45) is 10.1. The van der Waals surface area contributed by atoms with E-state index in [4.69, 9.17) is 9.47 Å². The molecule has 0 saturated heterocycles. The normalized spacial score (nSPS) is 44.6. The third-order valence-corrected chi connectivity index (χ3v) is 8.63. The number of hydrogen-bond acceptors (Lipinski definition) is 5. The number of fused-ring (bicyclic) bond motifs is 5. The number of rotatable bonds is 3. The van der Waals surface area contributed by atoms with Crippen LogP contribution in [0.25, 0.3) is 0 Å². The maximum Gasteiger partial charge on any atom is 0.302 e. The van der Waals surface area contributed by atoms with E-state index in [1.54, 1.807) is 0 Å². The van der Waals surface area contributed by atoms with Crippen molar-refractivity contribution in [1.82, 2.24) is 0 Å². The predicted octanol–water partition coefficient (Wildman–Crippen LogP) is 3.79. The Balaban J connectivity index is 1.58. The first-order valence-corrected chi connectivity index (χ1v) is 10.9. The fraction of sp³-hybridized carbons (Fsp3) is 0.826. The van der Waals surface area contributed by atoms with Gasteiger partial charge in [0.25, 0.3) is 0 Å². The highest BCUT2D eigenvalue weighted by atomic mass is 16.5. The van der Waals surface area contributed by atoms with E-state index < -0.39 is 0 Å². The Hall–Kier alpha value is -1.36. The first kappa shape index (κ1) is 19.9. The highest BCUT2D eigenvalue weighted by molar-refractivity contribution is 5.66. The topological polar surface area (TPSA) is 72.8 Å². The van der Waals surface area contributed by atoms with Crippen molar-refractivity contribution in [3.8, 4) is 0 Å². The third kappa shape index (κ3) is 3.01. The van der Waals surface area contributed by atoms with Gasteiger partial charge in [-0.3, -0.25) is 9.59 Å². The lowest BCUT2D eigenvalue weighted by molar-refractivity contribution is -0.163. The van der Waals surface area contributed by atoms with Gasteiger partial charge in [0.15, 0.2) is 0 Å². The van der Waals surface area contributed by atoms with Crippen LogP contribution >= 0.6 is 0 Å². The summed E-state index contributed by atoms with van der Waals surface area (Å²) in [5, 5.41) is 10.4. The van der Waals surface area contributed by atoms with E-state index >= 15 is 0 Å². The molecule has 0 amide bonds. The molecule has 0 spiro atoms. The van der Waals surface area contributed by atoms with E-state index in [0.29, 0.717) is 17.8 Å². The van der Waals surface area contributed by atoms with Crippen LogP contribution in [0.15, 0.2) is 11.6 Å². The van der Waals surface area contributed by atoms with Gasteiger partial charge in [0, 0.05) is 25.7 Å². The molecule has 0 aliphatic heterocycles. The van der Waals surface area contributed by atoms with Crippen LogP contribution in [0.1, 0.15) is 72.1 Å². The van der Waals surface area contributed by atoms with Crippen LogP contribution in [-0.2, 0) is 19.1 Å². The molecule has 0 aromatic carbocycles. The molecular formula is C23H34O5. The molecule has 0 aromatic rings. The maximum absolute atomic E-state index is 11.6. The van der Waals surface area contributed by atoms with E-state index in [0.717, 1.165) is 51.4 Å². The molecule has 5 nitrogen and oxygen atoms in total. The Labute approximate surface area is 167 Å². The molecule has 156 valence electrons. The molecule has 1 N–H and O–H groups in total. The molecule has 28 heavy (non-hydrogen) atoms. The zero-order valence-electron chi connectivity index (χ0n) is 17.4. The van der Waals surface area contributed by atoms with Gasteiger partial charge in [-0.15, -0.1) is 0 Å². The smallest absolute Gasteiger partial charge is 0.302 e. The zero-order valence-corrected chi connectivity index (χ0v) is 17.4. The van der Waals surface area contributed by atoms with Gasteiger partial charge in [-0.1, -0.05) is 18.6 Å². The minimum Gasteiger partial charge on any atom is -0.462 e. The lowest BCUT2D eigenvalue weighted by atomic mass is 9.47. The van der Waals surface area contributed by atoms with Crippen LogP contribution < -0.4 is 0 Å². The molecule has 0 unspecified atom stereocenters. The molecule has 3 fully saturated rings. The molecule has 4 aliphatic carbocycles. The Morgan fingerprint density at radius 1 is 1.07 bits per heavy atom. The molecule has 7 atom stereocenters. The van der Waals surface area contributed by atoms with Crippen LogP contribution in [0.2, 0.25) is 0 Å². The summed E-state index contributed by atoms with van der Waals surface area (Å²) in [5.74, 6) is 1.14. The van der Waals surface area contributed by atoms with Crippen LogP contribution in [0, 0.1) is 28.6 Å². The minimum absolute atomic E-state index is 0.0216. The standard InChI is InChI=1S/C23H34O5/c1-14(25)27-17-8-10-22(3)16(12-17)4-5-18-19(22)9-11-23(13-24)20(18)6-7-21(23)28-15(2)26/h4,17-21,24H,5-13H2,1-3H3/t17-,18+,19-,20-,21-,22-,23+/m0/s1. The lowest BCUT2D eigenvalue weighted by Crippen LogP contribution is -2.54. The van der Waals surface area contributed by atoms with Crippen molar-refractivity contribution < 1.29 is 24.2 Å². The molecule has 4 aliphatic rings. The van der Waals surface area contributed by atoms with Gasteiger partial charge in [0.1, 0.15) is 12.2 Å². The van der Waals surface area contributed by atoms with Crippen LogP contribution in [0.5, 0.6) is 0 Å². The third-order valence-electron chi connectivity index (χ3n) is 8.63. The summed E-state index contributed by atoms with van der Waals surface area (Å²) in [6, 6.07) is 0. The second kappa shape index (κ2) is 7.16. The summed E-state index contributed by atoms with van der Waals surface area (Å²) >= 11 is 0. The highest BCUT2D eigenvalue weighted by Crippen LogP contribution is 2.65. The predicted molar refractivity (Wildman–Crippen MR) is 104 cm³/mol. The molecule has 5 heteroatoms. The highest BCUT2D eigenvalue weighted by Gasteiger charge is 2.61. The maximum atomic E-state index is 11.6. The van der Waals surface area contributed by atoms with Gasteiger partial charge < -0.3 is 14.6 Å². The van der Waals surface area contributed by atoms with Crippen LogP contribution in [0.3, 0.4) is 0 Å². The first-order valence-electron chi connectivity index (χ1n) is 10.9. The lowest BCUT2D eigenvalue weighted by Gasteiger charge is -2.58. The van der Waals surface area contributed by atoms with Gasteiger partial charge in [0.2, 0.25) is 0 Å². The fourth-order valence-electron chi connectivity index (χ4n) is 7.40. The molecule has 0 radical (unpaired) electrons.